The summed E-state index contributed by atoms with van der Waals surface area (Å²) in [6.45, 7) is 1.38. The zero-order valence-corrected chi connectivity index (χ0v) is 21.7. The Bertz CT molecular complexity index is 1580. The molecule has 0 saturated heterocycles. The lowest BCUT2D eigenvalue weighted by Gasteiger charge is -2.14. The molecular weight excluding hydrogens is 508 g/mol. The Labute approximate surface area is 221 Å². The molecule has 12 heteroatoms. The fourth-order valence-electron chi connectivity index (χ4n) is 3.82. The van der Waals surface area contributed by atoms with E-state index in [0.717, 1.165) is 32.1 Å². The topological polar surface area (TPSA) is 144 Å². The van der Waals surface area contributed by atoms with Gasteiger partial charge in [0.05, 0.1) is 5.75 Å². The molecule has 0 saturated carbocycles. The molecule has 2 heterocycles. The summed E-state index contributed by atoms with van der Waals surface area (Å²) in [6.07, 6.45) is 0.571. The van der Waals surface area contributed by atoms with Gasteiger partial charge in [0.15, 0.2) is 17.6 Å². The fraction of sp³-hybridized carbons (Fsp3) is 0.231. The predicted molar refractivity (Wildman–Crippen MR) is 143 cm³/mol. The lowest BCUT2D eigenvalue weighted by molar-refractivity contribution is -0.139. The second kappa shape index (κ2) is 11.7. The highest BCUT2D eigenvalue weighted by atomic mass is 32.2. The van der Waals surface area contributed by atoms with E-state index in [2.05, 4.69) is 10.2 Å². The molecule has 0 aliphatic heterocycles. The Morgan fingerprint density at radius 3 is 2.32 bits per heavy atom. The third-order valence-electron chi connectivity index (χ3n) is 5.67. The molecule has 38 heavy (non-hydrogen) atoms. The maximum absolute atomic E-state index is 12.8. The SMILES string of the molecule is CCCn1c(N)c(C(=O)COC(=O)CSc2nnc(-c3ccccc3)n2-c2ccccc2)c(=O)n(C)c1=O. The molecule has 4 rings (SSSR count). The van der Waals surface area contributed by atoms with Crippen molar-refractivity contribution >= 4 is 29.3 Å². The van der Waals surface area contributed by atoms with Crippen molar-refractivity contribution < 1.29 is 14.3 Å². The summed E-state index contributed by atoms with van der Waals surface area (Å²) in [6, 6.07) is 19.0. The van der Waals surface area contributed by atoms with Crippen LogP contribution in [-0.4, -0.2) is 48.0 Å². The van der Waals surface area contributed by atoms with Crippen molar-refractivity contribution in [3.05, 3.63) is 87.1 Å². The minimum atomic E-state index is -0.834. The number of Topliss-reactive ketones (excluding diaryl/α,β-unsaturated/α-hetero) is 1. The number of thioether (sulfide) groups is 1. The Morgan fingerprint density at radius 2 is 1.66 bits per heavy atom. The summed E-state index contributed by atoms with van der Waals surface area (Å²) in [7, 11) is 1.27. The van der Waals surface area contributed by atoms with E-state index in [9.17, 15) is 19.2 Å². The molecule has 2 aromatic carbocycles. The maximum atomic E-state index is 12.8. The van der Waals surface area contributed by atoms with Gasteiger partial charge in [-0.3, -0.25) is 28.1 Å². The second-order valence-corrected chi connectivity index (χ2v) is 9.22. The maximum Gasteiger partial charge on any atom is 0.332 e. The van der Waals surface area contributed by atoms with Crippen LogP contribution >= 0.6 is 11.8 Å². The molecule has 0 atom stereocenters. The summed E-state index contributed by atoms with van der Waals surface area (Å²) in [4.78, 5) is 50.1. The van der Waals surface area contributed by atoms with Gasteiger partial charge in [-0.05, 0) is 18.6 Å². The first-order valence-electron chi connectivity index (χ1n) is 11.8. The number of para-hydroxylation sites is 1. The van der Waals surface area contributed by atoms with Crippen molar-refractivity contribution in [3.63, 3.8) is 0 Å². The lowest BCUT2D eigenvalue weighted by Crippen LogP contribution is -2.43. The molecule has 0 bridgehead atoms. The first-order chi connectivity index (χ1) is 18.3. The second-order valence-electron chi connectivity index (χ2n) is 8.27. The van der Waals surface area contributed by atoms with Crippen molar-refractivity contribution in [2.75, 3.05) is 18.1 Å². The number of rotatable bonds is 10. The number of ether oxygens (including phenoxy) is 1. The molecule has 2 N–H and O–H groups in total. The zero-order valence-electron chi connectivity index (χ0n) is 20.9. The average Bonchev–Trinajstić information content (AvgIpc) is 3.37. The van der Waals surface area contributed by atoms with Crippen LogP contribution < -0.4 is 17.0 Å². The highest BCUT2D eigenvalue weighted by molar-refractivity contribution is 7.99. The van der Waals surface area contributed by atoms with Crippen LogP contribution in [0.4, 0.5) is 5.82 Å². The number of nitrogen functional groups attached to an aromatic ring is 1. The summed E-state index contributed by atoms with van der Waals surface area (Å²) < 4.78 is 8.95. The van der Waals surface area contributed by atoms with E-state index in [-0.39, 0.29) is 23.7 Å². The van der Waals surface area contributed by atoms with Crippen molar-refractivity contribution in [2.45, 2.75) is 25.0 Å². The third-order valence-corrected chi connectivity index (χ3v) is 6.57. The van der Waals surface area contributed by atoms with Crippen molar-refractivity contribution in [1.29, 1.82) is 0 Å². The van der Waals surface area contributed by atoms with Crippen LogP contribution in [0.15, 0.2) is 75.4 Å². The summed E-state index contributed by atoms with van der Waals surface area (Å²) in [5.74, 6) is -1.26. The number of carbonyl (C=O) groups excluding carboxylic acids is 2. The number of nitrogens with zero attached hydrogens (tertiary/aromatic N) is 5. The summed E-state index contributed by atoms with van der Waals surface area (Å²) >= 11 is 1.10. The van der Waals surface area contributed by atoms with Gasteiger partial charge in [0, 0.05) is 24.8 Å². The zero-order chi connectivity index (χ0) is 27.2. The smallest absolute Gasteiger partial charge is 0.332 e. The van der Waals surface area contributed by atoms with Crippen LogP contribution in [0.5, 0.6) is 0 Å². The van der Waals surface area contributed by atoms with Crippen LogP contribution in [-0.2, 0) is 23.1 Å². The van der Waals surface area contributed by atoms with Crippen LogP contribution in [0.1, 0.15) is 23.7 Å². The molecule has 0 fully saturated rings. The monoisotopic (exact) mass is 534 g/mol. The predicted octanol–water partition coefficient (Wildman–Crippen LogP) is 2.31. The summed E-state index contributed by atoms with van der Waals surface area (Å²) in [5, 5.41) is 9.04. The van der Waals surface area contributed by atoms with Gasteiger partial charge in [0.2, 0.25) is 5.78 Å². The van der Waals surface area contributed by atoms with Gasteiger partial charge in [-0.15, -0.1) is 10.2 Å². The van der Waals surface area contributed by atoms with Gasteiger partial charge in [-0.1, -0.05) is 67.2 Å². The van der Waals surface area contributed by atoms with Gasteiger partial charge in [-0.2, -0.15) is 0 Å². The highest BCUT2D eigenvalue weighted by Crippen LogP contribution is 2.27. The molecule has 0 aliphatic rings. The molecule has 0 aliphatic carbocycles. The Hall–Kier alpha value is -4.45. The van der Waals surface area contributed by atoms with Crippen molar-refractivity contribution in [1.82, 2.24) is 23.9 Å². The standard InChI is InChI=1S/C26H26N6O5S/c1-3-14-31-22(27)21(24(35)30(2)26(31)36)19(33)15-37-20(34)16-38-25-29-28-23(17-10-6-4-7-11-17)32(25)18-12-8-5-9-13-18/h4-13H,3,14-16,27H2,1-2H3. The van der Waals surface area contributed by atoms with Crippen LogP contribution in [0.3, 0.4) is 0 Å². The van der Waals surface area contributed by atoms with Crippen molar-refractivity contribution in [2.24, 2.45) is 7.05 Å². The molecule has 196 valence electrons. The molecular formula is C26H26N6O5S. The van der Waals surface area contributed by atoms with Gasteiger partial charge >= 0.3 is 11.7 Å². The minimum Gasteiger partial charge on any atom is -0.457 e. The number of anilines is 1. The van der Waals surface area contributed by atoms with E-state index >= 15 is 0 Å². The number of hydrogen-bond acceptors (Lipinski definition) is 9. The molecule has 0 spiro atoms. The van der Waals surface area contributed by atoms with E-state index in [4.69, 9.17) is 10.5 Å². The Balaban J connectivity index is 1.49. The molecule has 4 aromatic rings. The molecule has 0 unspecified atom stereocenters. The molecule has 0 amide bonds. The number of nitrogens with two attached hydrogens (primary N) is 1. The van der Waals surface area contributed by atoms with Crippen LogP contribution in [0.2, 0.25) is 0 Å². The van der Waals surface area contributed by atoms with E-state index < -0.39 is 29.6 Å². The molecule has 2 aromatic heterocycles. The molecule has 0 radical (unpaired) electrons. The number of ketones is 1. The normalized spacial score (nSPS) is 10.9. The van der Waals surface area contributed by atoms with Gasteiger partial charge in [0.1, 0.15) is 11.4 Å². The first-order valence-corrected chi connectivity index (χ1v) is 12.8. The van der Waals surface area contributed by atoms with Crippen LogP contribution in [0, 0.1) is 0 Å². The number of esters is 1. The minimum absolute atomic E-state index is 0.157. The van der Waals surface area contributed by atoms with E-state index in [1.54, 1.807) is 0 Å². The number of hydrogen-bond donors (Lipinski definition) is 1. The Kier molecular flexibility index (Phi) is 8.22. The van der Waals surface area contributed by atoms with E-state index in [0.29, 0.717) is 17.4 Å². The fourth-order valence-corrected chi connectivity index (χ4v) is 4.57. The highest BCUT2D eigenvalue weighted by Gasteiger charge is 2.23. The number of carbonyl (C=O) groups is 2. The van der Waals surface area contributed by atoms with E-state index in [1.807, 2.05) is 72.2 Å². The van der Waals surface area contributed by atoms with Crippen molar-refractivity contribution in [3.8, 4) is 17.1 Å². The van der Waals surface area contributed by atoms with Gasteiger partial charge < -0.3 is 10.5 Å². The quantitative estimate of drug-likeness (QED) is 0.184. The van der Waals surface area contributed by atoms with Gasteiger partial charge in [0.25, 0.3) is 5.56 Å². The average molecular weight is 535 g/mol. The first kappa shape index (κ1) is 26.6. The van der Waals surface area contributed by atoms with Gasteiger partial charge in [-0.25, -0.2) is 4.79 Å². The third kappa shape index (κ3) is 5.44. The number of aromatic nitrogens is 5. The number of benzene rings is 2. The summed E-state index contributed by atoms with van der Waals surface area (Å²) in [5.41, 5.74) is 5.81. The largest absolute Gasteiger partial charge is 0.457 e. The Morgan fingerprint density at radius 1 is 1.00 bits per heavy atom. The van der Waals surface area contributed by atoms with Crippen LogP contribution in [0.25, 0.3) is 17.1 Å². The van der Waals surface area contributed by atoms with E-state index in [1.165, 1.54) is 7.05 Å². The molecule has 11 nitrogen and oxygen atoms in total. The lowest BCUT2D eigenvalue weighted by atomic mass is 10.2.